The van der Waals surface area contributed by atoms with Crippen LogP contribution < -0.4 is 5.73 Å². The van der Waals surface area contributed by atoms with Gasteiger partial charge in [-0.2, -0.15) is 0 Å². The van der Waals surface area contributed by atoms with Crippen LogP contribution in [-0.4, -0.2) is 77.0 Å². The van der Waals surface area contributed by atoms with Gasteiger partial charge in [-0.15, -0.1) is 0 Å². The van der Waals surface area contributed by atoms with Crippen LogP contribution in [0.1, 0.15) is 22.6 Å². The second-order valence-electron chi connectivity index (χ2n) is 2.40. The molecule has 0 bridgehead atoms. The SMILES string of the molecule is CC(=O)O.NC(CCC(=O)O)C(=O)O.[Ca+2].[H-].[H-]. The fourth-order valence-corrected chi connectivity index (χ4v) is 0.402. The molecule has 0 radical (unpaired) electrons. The fourth-order valence-electron chi connectivity index (χ4n) is 0.402. The van der Waals surface area contributed by atoms with Crippen LogP contribution in [0.15, 0.2) is 0 Å². The van der Waals surface area contributed by atoms with Crippen LogP contribution in [0.4, 0.5) is 0 Å². The number of hydrogen-bond donors (Lipinski definition) is 4. The van der Waals surface area contributed by atoms with Crippen molar-refractivity contribution in [2.45, 2.75) is 25.8 Å². The molecule has 0 aromatic rings. The molecule has 0 amide bonds. The van der Waals surface area contributed by atoms with E-state index in [1.54, 1.807) is 0 Å². The minimum Gasteiger partial charge on any atom is -1.00 e. The summed E-state index contributed by atoms with van der Waals surface area (Å²) in [7, 11) is 0. The zero-order chi connectivity index (χ0) is 11.7. The van der Waals surface area contributed by atoms with Crippen LogP contribution in [-0.2, 0) is 14.4 Å². The third kappa shape index (κ3) is 24.8. The second kappa shape index (κ2) is 11.7. The first kappa shape index (κ1) is 20.1. The van der Waals surface area contributed by atoms with Crippen LogP contribution in [0.5, 0.6) is 0 Å². The number of carboxylic acid groups (broad SMARTS) is 3. The molecule has 8 heteroatoms. The molecule has 15 heavy (non-hydrogen) atoms. The Bertz CT molecular complexity index is 224. The number of nitrogens with two attached hydrogens (primary N) is 1. The van der Waals surface area contributed by atoms with Gasteiger partial charge in [-0.25, -0.2) is 0 Å². The Morgan fingerprint density at radius 3 is 1.80 bits per heavy atom. The van der Waals surface area contributed by atoms with Crippen molar-refractivity contribution in [2.75, 3.05) is 0 Å². The molecule has 0 aromatic heterocycles. The second-order valence-corrected chi connectivity index (χ2v) is 2.40. The molecule has 1 unspecified atom stereocenters. The summed E-state index contributed by atoms with van der Waals surface area (Å²) in [5.74, 6) is -3.03. The van der Waals surface area contributed by atoms with Crippen molar-refractivity contribution in [1.29, 1.82) is 0 Å². The van der Waals surface area contributed by atoms with Crippen LogP contribution in [0, 0.1) is 0 Å². The van der Waals surface area contributed by atoms with E-state index in [-0.39, 0.29) is 53.4 Å². The van der Waals surface area contributed by atoms with Gasteiger partial charge < -0.3 is 23.9 Å². The molecule has 0 spiro atoms. The van der Waals surface area contributed by atoms with Crippen molar-refractivity contribution in [3.05, 3.63) is 0 Å². The Hall–Kier alpha value is -0.370. The molecular weight excluding hydrogens is 234 g/mol. The van der Waals surface area contributed by atoms with E-state index in [2.05, 4.69) is 0 Å². The molecule has 0 aliphatic heterocycles. The number of hydrogen-bond acceptors (Lipinski definition) is 4. The normalized spacial score (nSPS) is 10.0. The van der Waals surface area contributed by atoms with E-state index in [9.17, 15) is 9.59 Å². The van der Waals surface area contributed by atoms with Gasteiger partial charge in [-0.3, -0.25) is 14.4 Å². The monoisotopic (exact) mass is 249 g/mol. The summed E-state index contributed by atoms with van der Waals surface area (Å²) >= 11 is 0. The zero-order valence-electron chi connectivity index (χ0n) is 10.3. The minimum atomic E-state index is -1.17. The first-order chi connectivity index (χ1) is 6.27. The van der Waals surface area contributed by atoms with Gasteiger partial charge in [0.05, 0.1) is 0 Å². The predicted molar refractivity (Wildman–Crippen MR) is 53.8 cm³/mol. The van der Waals surface area contributed by atoms with Crippen LogP contribution in [0.2, 0.25) is 0 Å². The van der Waals surface area contributed by atoms with Gasteiger partial charge in [0.1, 0.15) is 6.04 Å². The van der Waals surface area contributed by atoms with Crippen molar-refractivity contribution >= 4 is 55.6 Å². The summed E-state index contributed by atoms with van der Waals surface area (Å²) in [6.45, 7) is 1.08. The van der Waals surface area contributed by atoms with E-state index < -0.39 is 23.9 Å². The molecule has 0 aliphatic rings. The molecule has 0 saturated heterocycles. The summed E-state index contributed by atoms with van der Waals surface area (Å²) in [6, 6.07) is -1.06. The third-order valence-electron chi connectivity index (χ3n) is 0.986. The topological polar surface area (TPSA) is 138 Å². The van der Waals surface area contributed by atoms with Gasteiger partial charge >= 0.3 is 49.7 Å². The summed E-state index contributed by atoms with van der Waals surface area (Å²) < 4.78 is 0. The van der Waals surface area contributed by atoms with Gasteiger partial charge in [-0.1, -0.05) is 0 Å². The molecule has 0 heterocycles. The van der Waals surface area contributed by atoms with Crippen molar-refractivity contribution < 1.29 is 32.6 Å². The number of carbonyl (C=O) groups is 3. The van der Waals surface area contributed by atoms with Crippen LogP contribution >= 0.6 is 0 Å². The standard InChI is InChI=1S/C5H9NO4.C2H4O2.Ca.2H/c6-3(5(9)10)1-2-4(7)8;1-2(3)4;;;/h3H,1-2,6H2,(H,7,8)(H,9,10);1H3,(H,3,4);;;/q;;+2;2*-1. The quantitative estimate of drug-likeness (QED) is 0.478. The third-order valence-corrected chi connectivity index (χ3v) is 0.986. The molecule has 5 N–H and O–H groups in total. The Morgan fingerprint density at radius 1 is 1.27 bits per heavy atom. The maximum absolute atomic E-state index is 9.99. The summed E-state index contributed by atoms with van der Waals surface area (Å²) in [5.41, 5.74) is 5.00. The average Bonchev–Trinajstić information content (AvgIpc) is 1.98. The molecule has 0 saturated carbocycles. The van der Waals surface area contributed by atoms with E-state index >= 15 is 0 Å². The summed E-state index contributed by atoms with van der Waals surface area (Å²) in [4.78, 5) is 28.9. The van der Waals surface area contributed by atoms with Crippen LogP contribution in [0.3, 0.4) is 0 Å². The van der Waals surface area contributed by atoms with Gasteiger partial charge in [0.25, 0.3) is 5.97 Å². The van der Waals surface area contributed by atoms with Crippen LogP contribution in [0.25, 0.3) is 0 Å². The van der Waals surface area contributed by atoms with E-state index in [1.165, 1.54) is 0 Å². The van der Waals surface area contributed by atoms with Crippen molar-refractivity contribution in [3.63, 3.8) is 0 Å². The van der Waals surface area contributed by atoms with Gasteiger partial charge in [-0.05, 0) is 6.42 Å². The molecule has 86 valence electrons. The molecular formula is C7H15CaNO6. The molecule has 1 atom stereocenters. The first-order valence-corrected chi connectivity index (χ1v) is 3.67. The van der Waals surface area contributed by atoms with Crippen molar-refractivity contribution in [1.82, 2.24) is 0 Å². The molecule has 0 fully saturated rings. The van der Waals surface area contributed by atoms with Crippen molar-refractivity contribution in [2.24, 2.45) is 5.73 Å². The Kier molecular flexibility index (Phi) is 15.7. The summed E-state index contributed by atoms with van der Waals surface area (Å²) in [6.07, 6.45) is -0.224. The fraction of sp³-hybridized carbons (Fsp3) is 0.571. The Morgan fingerprint density at radius 2 is 1.60 bits per heavy atom. The maximum atomic E-state index is 9.99. The number of rotatable bonds is 4. The van der Waals surface area contributed by atoms with Gasteiger partial charge in [0.2, 0.25) is 0 Å². The van der Waals surface area contributed by atoms with Gasteiger partial charge in [0.15, 0.2) is 0 Å². The minimum absolute atomic E-state index is 0. The van der Waals surface area contributed by atoms with E-state index in [0.29, 0.717) is 0 Å². The first-order valence-electron chi connectivity index (χ1n) is 3.67. The number of aliphatic carboxylic acids is 3. The van der Waals surface area contributed by atoms with Gasteiger partial charge in [0, 0.05) is 13.3 Å². The Labute approximate surface area is 119 Å². The Balaban J connectivity index is -0.0000000607. The van der Waals surface area contributed by atoms with E-state index in [4.69, 9.17) is 25.8 Å². The smallest absolute Gasteiger partial charge is 1.00 e. The summed E-state index contributed by atoms with van der Waals surface area (Å²) in [5, 5.41) is 23.7. The average molecular weight is 249 g/mol. The van der Waals surface area contributed by atoms with E-state index in [1.807, 2.05) is 0 Å². The molecule has 0 rings (SSSR count). The molecule has 0 aromatic carbocycles. The predicted octanol–water partition coefficient (Wildman–Crippen LogP) is -0.802. The molecule has 7 nitrogen and oxygen atoms in total. The number of carboxylic acids is 3. The molecule has 0 aliphatic carbocycles. The maximum Gasteiger partial charge on any atom is 2.00 e. The van der Waals surface area contributed by atoms with Crippen molar-refractivity contribution in [3.8, 4) is 0 Å². The van der Waals surface area contributed by atoms with E-state index in [0.717, 1.165) is 6.92 Å². The largest absolute Gasteiger partial charge is 2.00 e. The zero-order valence-corrected chi connectivity index (χ0v) is 10.6.